The summed E-state index contributed by atoms with van der Waals surface area (Å²) in [5.74, 6) is -0.631. The minimum atomic E-state index is -0.609. The van der Waals surface area contributed by atoms with E-state index in [1.54, 1.807) is 24.4 Å². The Hall–Kier alpha value is -4.21. The molecule has 2 N–H and O–H groups in total. The van der Waals surface area contributed by atoms with E-state index in [0.717, 1.165) is 4.68 Å². The van der Waals surface area contributed by atoms with Crippen molar-refractivity contribution < 1.29 is 9.18 Å². The fourth-order valence-corrected chi connectivity index (χ4v) is 2.40. The zero-order chi connectivity index (χ0) is 19.5. The number of anilines is 1. The van der Waals surface area contributed by atoms with Crippen molar-refractivity contribution in [2.24, 2.45) is 0 Å². The van der Waals surface area contributed by atoms with Crippen LogP contribution < -0.4 is 10.9 Å². The molecule has 3 aromatic heterocycles. The molecule has 9 nitrogen and oxygen atoms in total. The van der Waals surface area contributed by atoms with Crippen LogP contribution >= 0.6 is 0 Å². The second-order valence-corrected chi connectivity index (χ2v) is 5.62. The minimum absolute atomic E-state index is 0.0342. The predicted molar refractivity (Wildman–Crippen MR) is 97.4 cm³/mol. The van der Waals surface area contributed by atoms with Crippen molar-refractivity contribution in [1.29, 1.82) is 0 Å². The van der Waals surface area contributed by atoms with Crippen LogP contribution in [0.25, 0.3) is 17.2 Å². The van der Waals surface area contributed by atoms with E-state index in [0.29, 0.717) is 17.2 Å². The number of H-pyrrole nitrogens is 1. The highest BCUT2D eigenvalue weighted by molar-refractivity contribution is 6.01. The Labute approximate surface area is 156 Å². The summed E-state index contributed by atoms with van der Waals surface area (Å²) in [6.45, 7) is 0. The molecule has 0 aliphatic heterocycles. The molecule has 0 atom stereocenters. The van der Waals surface area contributed by atoms with Crippen LogP contribution in [-0.2, 0) is 0 Å². The first-order valence-electron chi connectivity index (χ1n) is 8.12. The highest BCUT2D eigenvalue weighted by Crippen LogP contribution is 2.12. The van der Waals surface area contributed by atoms with E-state index in [2.05, 4.69) is 30.6 Å². The van der Waals surface area contributed by atoms with E-state index < -0.39 is 17.3 Å². The SMILES string of the molecule is O=C(Nc1n[nH]c(-c2ccccn2)n1)c1ccc(=O)n(-c2ccc(F)cc2)n1. The first-order chi connectivity index (χ1) is 13.6. The average molecular weight is 377 g/mol. The molecule has 10 heteroatoms. The summed E-state index contributed by atoms with van der Waals surface area (Å²) in [6.07, 6.45) is 1.61. The lowest BCUT2D eigenvalue weighted by Crippen LogP contribution is -2.25. The van der Waals surface area contributed by atoms with Crippen LogP contribution in [0.4, 0.5) is 10.3 Å². The van der Waals surface area contributed by atoms with Crippen molar-refractivity contribution >= 4 is 11.9 Å². The summed E-state index contributed by atoms with van der Waals surface area (Å²) < 4.78 is 14.1. The number of aromatic nitrogens is 6. The normalized spacial score (nSPS) is 10.6. The third-order valence-electron chi connectivity index (χ3n) is 3.72. The number of nitrogens with one attached hydrogen (secondary N) is 2. The van der Waals surface area contributed by atoms with Crippen LogP contribution in [0.3, 0.4) is 0 Å². The van der Waals surface area contributed by atoms with Crippen LogP contribution in [0.5, 0.6) is 0 Å². The summed E-state index contributed by atoms with van der Waals surface area (Å²) in [6, 6.07) is 13.0. The van der Waals surface area contributed by atoms with Gasteiger partial charge < -0.3 is 0 Å². The van der Waals surface area contributed by atoms with Crippen molar-refractivity contribution in [1.82, 2.24) is 29.9 Å². The third-order valence-corrected chi connectivity index (χ3v) is 3.72. The second kappa shape index (κ2) is 7.19. The number of rotatable bonds is 4. The first-order valence-corrected chi connectivity index (χ1v) is 8.12. The largest absolute Gasteiger partial charge is 0.288 e. The Morgan fingerprint density at radius 2 is 1.89 bits per heavy atom. The lowest BCUT2D eigenvalue weighted by Gasteiger charge is -2.06. The summed E-state index contributed by atoms with van der Waals surface area (Å²) >= 11 is 0. The van der Waals surface area contributed by atoms with Crippen molar-refractivity contribution in [3.05, 3.63) is 82.7 Å². The molecule has 4 rings (SSSR count). The molecular weight excluding hydrogens is 365 g/mol. The van der Waals surface area contributed by atoms with Gasteiger partial charge in [-0.3, -0.25) is 25.0 Å². The van der Waals surface area contributed by atoms with Gasteiger partial charge in [0.1, 0.15) is 17.2 Å². The highest BCUT2D eigenvalue weighted by atomic mass is 19.1. The van der Waals surface area contributed by atoms with Crippen molar-refractivity contribution in [2.75, 3.05) is 5.32 Å². The van der Waals surface area contributed by atoms with E-state index in [1.165, 1.54) is 36.4 Å². The monoisotopic (exact) mass is 377 g/mol. The topological polar surface area (TPSA) is 118 Å². The van der Waals surface area contributed by atoms with Crippen molar-refractivity contribution in [3.63, 3.8) is 0 Å². The van der Waals surface area contributed by atoms with Crippen molar-refractivity contribution in [2.45, 2.75) is 0 Å². The fraction of sp³-hybridized carbons (Fsp3) is 0. The molecule has 0 bridgehead atoms. The highest BCUT2D eigenvalue weighted by Gasteiger charge is 2.14. The van der Waals surface area contributed by atoms with Gasteiger partial charge in [0.2, 0.25) is 5.95 Å². The molecule has 1 aromatic carbocycles. The van der Waals surface area contributed by atoms with Crippen LogP contribution in [0.15, 0.2) is 65.6 Å². The molecule has 4 aromatic rings. The van der Waals surface area contributed by atoms with Gasteiger partial charge in [0.15, 0.2) is 5.82 Å². The van der Waals surface area contributed by atoms with E-state index in [-0.39, 0.29) is 11.6 Å². The molecule has 0 saturated carbocycles. The Bertz CT molecular complexity index is 1190. The molecule has 0 unspecified atom stereocenters. The van der Waals surface area contributed by atoms with Gasteiger partial charge >= 0.3 is 0 Å². The van der Waals surface area contributed by atoms with Gasteiger partial charge in [-0.05, 0) is 42.5 Å². The standard InChI is InChI=1S/C18H12FN7O2/c19-11-4-6-12(7-5-11)26-15(27)9-8-14(25-26)17(28)22-18-21-16(23-24-18)13-3-1-2-10-20-13/h1-10H,(H2,21,22,23,24,28). The Kier molecular flexibility index (Phi) is 4.42. The molecule has 0 aliphatic rings. The number of pyridine rings is 1. The molecule has 1 amide bonds. The number of nitrogens with zero attached hydrogens (tertiary/aromatic N) is 5. The zero-order valence-corrected chi connectivity index (χ0v) is 14.2. The average Bonchev–Trinajstić information content (AvgIpc) is 3.18. The number of carbonyl (C=O) groups excluding carboxylic acids is 1. The molecule has 138 valence electrons. The molecule has 0 spiro atoms. The summed E-state index contributed by atoms with van der Waals surface area (Å²) in [5.41, 5.74) is 0.404. The van der Waals surface area contributed by atoms with Gasteiger partial charge in [-0.15, -0.1) is 5.10 Å². The number of hydrogen-bond donors (Lipinski definition) is 2. The smallest absolute Gasteiger partial charge is 0.278 e. The maximum absolute atomic E-state index is 13.1. The summed E-state index contributed by atoms with van der Waals surface area (Å²) in [7, 11) is 0. The molecule has 3 heterocycles. The predicted octanol–water partition coefficient (Wildman–Crippen LogP) is 1.80. The third kappa shape index (κ3) is 3.51. The quantitative estimate of drug-likeness (QED) is 0.560. The number of carbonyl (C=O) groups is 1. The molecular formula is C18H12FN7O2. The Morgan fingerprint density at radius 1 is 1.07 bits per heavy atom. The van der Waals surface area contributed by atoms with Gasteiger partial charge in [0.05, 0.1) is 5.69 Å². The molecule has 0 fully saturated rings. The Balaban J connectivity index is 1.57. The van der Waals surface area contributed by atoms with Crippen LogP contribution in [-0.4, -0.2) is 35.9 Å². The zero-order valence-electron chi connectivity index (χ0n) is 14.2. The van der Waals surface area contributed by atoms with Gasteiger partial charge in [-0.2, -0.15) is 14.8 Å². The number of benzene rings is 1. The lowest BCUT2D eigenvalue weighted by atomic mass is 10.3. The number of hydrogen-bond acceptors (Lipinski definition) is 6. The molecule has 28 heavy (non-hydrogen) atoms. The van der Waals surface area contributed by atoms with Crippen LogP contribution in [0.2, 0.25) is 0 Å². The summed E-state index contributed by atoms with van der Waals surface area (Å²) in [4.78, 5) is 32.8. The lowest BCUT2D eigenvalue weighted by molar-refractivity contribution is 0.101. The van der Waals surface area contributed by atoms with Gasteiger partial charge in [-0.25, -0.2) is 4.39 Å². The van der Waals surface area contributed by atoms with Crippen LogP contribution in [0, 0.1) is 5.82 Å². The number of halogens is 1. The van der Waals surface area contributed by atoms with E-state index >= 15 is 0 Å². The van der Waals surface area contributed by atoms with Crippen LogP contribution in [0.1, 0.15) is 10.5 Å². The van der Waals surface area contributed by atoms with E-state index in [1.807, 2.05) is 0 Å². The van der Waals surface area contributed by atoms with Gasteiger partial charge in [-0.1, -0.05) is 6.07 Å². The molecule has 0 aliphatic carbocycles. The summed E-state index contributed by atoms with van der Waals surface area (Å²) in [5, 5.41) is 13.1. The Morgan fingerprint density at radius 3 is 2.64 bits per heavy atom. The van der Waals surface area contributed by atoms with Crippen molar-refractivity contribution in [3.8, 4) is 17.2 Å². The van der Waals surface area contributed by atoms with E-state index in [9.17, 15) is 14.0 Å². The number of aromatic amines is 1. The van der Waals surface area contributed by atoms with Gasteiger partial charge in [0, 0.05) is 12.3 Å². The maximum Gasteiger partial charge on any atom is 0.278 e. The molecule has 0 radical (unpaired) electrons. The van der Waals surface area contributed by atoms with E-state index in [4.69, 9.17) is 0 Å². The number of amides is 1. The van der Waals surface area contributed by atoms with Gasteiger partial charge in [0.25, 0.3) is 11.5 Å². The maximum atomic E-state index is 13.1. The first kappa shape index (κ1) is 17.2. The second-order valence-electron chi connectivity index (χ2n) is 5.62. The minimum Gasteiger partial charge on any atom is -0.288 e. The fourth-order valence-electron chi connectivity index (χ4n) is 2.40. The molecule has 0 saturated heterocycles.